The standard InChI is InChI=1S/C26H38O2S2/c1-19(2)11-7-5-9-16-27-24-22-13-14-23-21(15-18-29-23)25(22)30-26(24)28-17-10-6-8-12-20(3)4/h13-15,18-20H,5-12,16-17H2,1-4H3. The molecule has 0 N–H and O–H groups in total. The first-order valence-electron chi connectivity index (χ1n) is 11.7. The third kappa shape index (κ3) is 6.62. The summed E-state index contributed by atoms with van der Waals surface area (Å²) in [6.07, 6.45) is 9.91. The molecule has 1 aromatic carbocycles. The molecule has 0 saturated carbocycles. The zero-order chi connectivity index (χ0) is 21.3. The van der Waals surface area contributed by atoms with Crippen LogP contribution in [-0.4, -0.2) is 13.2 Å². The average molecular weight is 447 g/mol. The number of hydrogen-bond donors (Lipinski definition) is 0. The molecule has 30 heavy (non-hydrogen) atoms. The molecule has 0 unspecified atom stereocenters. The van der Waals surface area contributed by atoms with Crippen LogP contribution in [0.3, 0.4) is 0 Å². The van der Waals surface area contributed by atoms with Gasteiger partial charge in [-0.15, -0.1) is 11.3 Å². The van der Waals surface area contributed by atoms with E-state index in [-0.39, 0.29) is 0 Å². The van der Waals surface area contributed by atoms with Crippen molar-refractivity contribution in [2.45, 2.75) is 79.1 Å². The normalized spacial score (nSPS) is 11.9. The van der Waals surface area contributed by atoms with Crippen LogP contribution in [0, 0.1) is 11.8 Å². The predicted octanol–water partition coefficient (Wildman–Crippen LogP) is 9.31. The third-order valence-corrected chi connectivity index (χ3v) is 7.56. The molecule has 0 spiro atoms. The smallest absolute Gasteiger partial charge is 0.218 e. The largest absolute Gasteiger partial charge is 0.488 e. The van der Waals surface area contributed by atoms with E-state index in [2.05, 4.69) is 51.3 Å². The Morgan fingerprint density at radius 2 is 1.40 bits per heavy atom. The molecule has 0 fully saturated rings. The van der Waals surface area contributed by atoms with Crippen molar-refractivity contribution in [2.75, 3.05) is 13.2 Å². The van der Waals surface area contributed by atoms with Crippen molar-refractivity contribution in [3.05, 3.63) is 23.6 Å². The first kappa shape index (κ1) is 23.4. The van der Waals surface area contributed by atoms with Crippen LogP contribution < -0.4 is 9.47 Å². The van der Waals surface area contributed by atoms with E-state index in [0.717, 1.165) is 48.7 Å². The summed E-state index contributed by atoms with van der Waals surface area (Å²) in [7, 11) is 0. The maximum absolute atomic E-state index is 6.32. The number of benzene rings is 1. The molecule has 0 aliphatic rings. The van der Waals surface area contributed by atoms with Crippen LogP contribution in [0.1, 0.15) is 79.1 Å². The third-order valence-electron chi connectivity index (χ3n) is 5.54. The van der Waals surface area contributed by atoms with E-state index < -0.39 is 0 Å². The van der Waals surface area contributed by atoms with Crippen LogP contribution in [0.4, 0.5) is 0 Å². The molecule has 3 rings (SSSR count). The van der Waals surface area contributed by atoms with Gasteiger partial charge in [0.1, 0.15) is 0 Å². The van der Waals surface area contributed by atoms with Gasteiger partial charge in [-0.2, -0.15) is 0 Å². The zero-order valence-corrected chi connectivity index (χ0v) is 20.8. The summed E-state index contributed by atoms with van der Waals surface area (Å²) in [5, 5.41) is 5.68. The highest BCUT2D eigenvalue weighted by molar-refractivity contribution is 7.23. The molecule has 2 nitrogen and oxygen atoms in total. The van der Waals surface area contributed by atoms with Crippen molar-refractivity contribution in [2.24, 2.45) is 11.8 Å². The Kier molecular flexibility index (Phi) is 9.32. The van der Waals surface area contributed by atoms with Gasteiger partial charge in [-0.3, -0.25) is 0 Å². The van der Waals surface area contributed by atoms with Crippen molar-refractivity contribution in [3.63, 3.8) is 0 Å². The summed E-state index contributed by atoms with van der Waals surface area (Å²) in [4.78, 5) is 0. The molecule has 166 valence electrons. The lowest BCUT2D eigenvalue weighted by Gasteiger charge is -2.10. The van der Waals surface area contributed by atoms with Crippen molar-refractivity contribution in [3.8, 4) is 10.8 Å². The highest BCUT2D eigenvalue weighted by atomic mass is 32.1. The molecule has 2 aromatic heterocycles. The molecule has 2 heterocycles. The van der Waals surface area contributed by atoms with E-state index in [1.54, 1.807) is 22.7 Å². The number of unbranched alkanes of at least 4 members (excludes halogenated alkanes) is 4. The molecule has 0 bridgehead atoms. The monoisotopic (exact) mass is 446 g/mol. The fourth-order valence-corrected chi connectivity index (χ4v) is 5.80. The highest BCUT2D eigenvalue weighted by Gasteiger charge is 2.17. The highest BCUT2D eigenvalue weighted by Crippen LogP contribution is 2.47. The number of ether oxygens (including phenoxy) is 2. The lowest BCUT2D eigenvalue weighted by atomic mass is 10.1. The molecule has 0 amide bonds. The minimum atomic E-state index is 0.774. The average Bonchev–Trinajstić information content (AvgIpc) is 3.31. The van der Waals surface area contributed by atoms with Crippen LogP contribution in [0.5, 0.6) is 10.8 Å². The Balaban J connectivity index is 1.63. The topological polar surface area (TPSA) is 18.5 Å². The molecular weight excluding hydrogens is 408 g/mol. The van der Waals surface area contributed by atoms with Gasteiger partial charge in [-0.25, -0.2) is 0 Å². The molecule has 0 radical (unpaired) electrons. The maximum atomic E-state index is 6.32. The van der Waals surface area contributed by atoms with E-state index in [9.17, 15) is 0 Å². The summed E-state index contributed by atoms with van der Waals surface area (Å²) in [5.41, 5.74) is 0. The van der Waals surface area contributed by atoms with E-state index in [0.29, 0.717) is 0 Å². The van der Waals surface area contributed by atoms with E-state index in [4.69, 9.17) is 9.47 Å². The van der Waals surface area contributed by atoms with Gasteiger partial charge in [0.2, 0.25) is 5.06 Å². The summed E-state index contributed by atoms with van der Waals surface area (Å²) in [6, 6.07) is 6.67. The molecule has 3 aromatic rings. The van der Waals surface area contributed by atoms with Gasteiger partial charge >= 0.3 is 0 Å². The van der Waals surface area contributed by atoms with E-state index >= 15 is 0 Å². The van der Waals surface area contributed by atoms with Gasteiger partial charge in [-0.1, -0.05) is 77.6 Å². The van der Waals surface area contributed by atoms with Crippen LogP contribution >= 0.6 is 22.7 Å². The van der Waals surface area contributed by atoms with E-state index in [1.807, 2.05) is 0 Å². The molecule has 0 saturated heterocycles. The minimum Gasteiger partial charge on any atom is -0.488 e. The summed E-state index contributed by atoms with van der Waals surface area (Å²) in [5.74, 6) is 2.55. The Morgan fingerprint density at radius 1 is 0.733 bits per heavy atom. The van der Waals surface area contributed by atoms with Gasteiger partial charge in [0.15, 0.2) is 5.75 Å². The summed E-state index contributed by atoms with van der Waals surface area (Å²) in [6.45, 7) is 10.7. The molecule has 0 aliphatic carbocycles. The minimum absolute atomic E-state index is 0.774. The second kappa shape index (κ2) is 12.0. The second-order valence-electron chi connectivity index (χ2n) is 9.18. The fraction of sp³-hybridized carbons (Fsp3) is 0.615. The Hall–Kier alpha value is -1.26. The quantitative estimate of drug-likeness (QED) is 0.230. The fourth-order valence-electron chi connectivity index (χ4n) is 3.79. The number of rotatable bonds is 14. The Bertz CT molecular complexity index is 891. The second-order valence-corrected chi connectivity index (χ2v) is 11.1. The predicted molar refractivity (Wildman–Crippen MR) is 135 cm³/mol. The zero-order valence-electron chi connectivity index (χ0n) is 19.2. The van der Waals surface area contributed by atoms with Crippen LogP contribution in [0.2, 0.25) is 0 Å². The summed E-state index contributed by atoms with van der Waals surface area (Å²) < 4.78 is 15.2. The van der Waals surface area contributed by atoms with Crippen LogP contribution in [-0.2, 0) is 0 Å². The van der Waals surface area contributed by atoms with Gasteiger partial charge in [-0.05, 0) is 48.3 Å². The van der Waals surface area contributed by atoms with Crippen molar-refractivity contribution >= 4 is 42.8 Å². The van der Waals surface area contributed by atoms with Crippen molar-refractivity contribution < 1.29 is 9.47 Å². The number of thiophene rings is 2. The Labute approximate surface area is 190 Å². The summed E-state index contributed by atoms with van der Waals surface area (Å²) >= 11 is 3.56. The molecule has 4 heteroatoms. The first-order valence-corrected chi connectivity index (χ1v) is 13.4. The number of fused-ring (bicyclic) bond motifs is 3. The molecule has 0 aliphatic heterocycles. The van der Waals surface area contributed by atoms with Crippen LogP contribution in [0.25, 0.3) is 20.2 Å². The van der Waals surface area contributed by atoms with Gasteiger partial charge in [0.25, 0.3) is 0 Å². The van der Waals surface area contributed by atoms with Crippen LogP contribution in [0.15, 0.2) is 23.6 Å². The Morgan fingerprint density at radius 3 is 2.07 bits per heavy atom. The van der Waals surface area contributed by atoms with Gasteiger partial charge < -0.3 is 9.47 Å². The van der Waals surface area contributed by atoms with Gasteiger partial charge in [0, 0.05) is 15.5 Å². The van der Waals surface area contributed by atoms with Crippen molar-refractivity contribution in [1.82, 2.24) is 0 Å². The first-order chi connectivity index (χ1) is 14.6. The lowest BCUT2D eigenvalue weighted by molar-refractivity contribution is 0.266. The SMILES string of the molecule is CC(C)CCCCCOc1sc2c(ccc3sccc32)c1OCCCCCC(C)C. The molecule has 0 atom stereocenters. The maximum Gasteiger partial charge on any atom is 0.218 e. The number of hydrogen-bond acceptors (Lipinski definition) is 4. The van der Waals surface area contributed by atoms with Gasteiger partial charge in [0.05, 0.1) is 17.9 Å². The van der Waals surface area contributed by atoms with Crippen molar-refractivity contribution in [1.29, 1.82) is 0 Å². The lowest BCUT2D eigenvalue weighted by Crippen LogP contribution is -2.01. The molecular formula is C26H38O2S2. The van der Waals surface area contributed by atoms with E-state index in [1.165, 1.54) is 58.7 Å².